The number of carboxylic acids is 1. The zero-order chi connectivity index (χ0) is 14.5. The molecule has 0 aliphatic heterocycles. The molecule has 0 bridgehead atoms. The normalized spacial score (nSPS) is 10.7. The van der Waals surface area contributed by atoms with Gasteiger partial charge >= 0.3 is 5.97 Å². The molecule has 0 aliphatic carbocycles. The van der Waals surface area contributed by atoms with E-state index in [0.717, 1.165) is 12.8 Å². The standard InChI is InChI=1S/C16H19NO3/c1-3-5-10-20-15-12(4-2)17-13-9-7-6-8-11(13)14(15)16(18)19/h6-9H,3-5,10H2,1-2H3,(H,18,19). The van der Waals surface area contributed by atoms with Gasteiger partial charge < -0.3 is 9.84 Å². The Morgan fingerprint density at radius 2 is 2.05 bits per heavy atom. The minimum absolute atomic E-state index is 0.226. The lowest BCUT2D eigenvalue weighted by atomic mass is 10.1. The van der Waals surface area contributed by atoms with Gasteiger partial charge in [0.2, 0.25) is 0 Å². The van der Waals surface area contributed by atoms with Crippen molar-refractivity contribution in [2.75, 3.05) is 6.61 Å². The van der Waals surface area contributed by atoms with Crippen LogP contribution in [0, 0.1) is 0 Å². The quantitative estimate of drug-likeness (QED) is 0.816. The third-order valence-electron chi connectivity index (χ3n) is 3.21. The molecule has 2 aromatic rings. The first-order chi connectivity index (χ1) is 9.69. The average molecular weight is 273 g/mol. The van der Waals surface area contributed by atoms with Crippen LogP contribution in [0.15, 0.2) is 24.3 Å². The fourth-order valence-electron chi connectivity index (χ4n) is 2.17. The molecule has 0 radical (unpaired) electrons. The van der Waals surface area contributed by atoms with E-state index in [4.69, 9.17) is 4.74 Å². The van der Waals surface area contributed by atoms with E-state index in [1.807, 2.05) is 25.1 Å². The van der Waals surface area contributed by atoms with Crippen molar-refractivity contribution >= 4 is 16.9 Å². The molecule has 106 valence electrons. The highest BCUT2D eigenvalue weighted by molar-refractivity contribution is 6.05. The van der Waals surface area contributed by atoms with Gasteiger partial charge in [-0.05, 0) is 18.9 Å². The van der Waals surface area contributed by atoms with Gasteiger partial charge in [0.05, 0.1) is 17.8 Å². The number of carboxylic acid groups (broad SMARTS) is 1. The number of carbonyl (C=O) groups is 1. The van der Waals surface area contributed by atoms with E-state index in [1.165, 1.54) is 0 Å². The molecule has 1 aromatic heterocycles. The summed E-state index contributed by atoms with van der Waals surface area (Å²) in [7, 11) is 0. The van der Waals surface area contributed by atoms with Crippen LogP contribution in [0.5, 0.6) is 5.75 Å². The van der Waals surface area contributed by atoms with Gasteiger partial charge in [-0.2, -0.15) is 0 Å². The highest BCUT2D eigenvalue weighted by atomic mass is 16.5. The smallest absolute Gasteiger partial charge is 0.340 e. The molecule has 1 aromatic carbocycles. The summed E-state index contributed by atoms with van der Waals surface area (Å²) in [6.45, 7) is 4.54. The summed E-state index contributed by atoms with van der Waals surface area (Å²) in [5, 5.41) is 10.2. The van der Waals surface area contributed by atoms with Crippen LogP contribution < -0.4 is 4.74 Å². The molecule has 0 unspecified atom stereocenters. The van der Waals surface area contributed by atoms with E-state index in [9.17, 15) is 9.90 Å². The third kappa shape index (κ3) is 2.74. The number of aryl methyl sites for hydroxylation is 1. The highest BCUT2D eigenvalue weighted by Crippen LogP contribution is 2.30. The van der Waals surface area contributed by atoms with Crippen LogP contribution in [-0.2, 0) is 6.42 Å². The first kappa shape index (κ1) is 14.3. The number of pyridine rings is 1. The van der Waals surface area contributed by atoms with E-state index in [-0.39, 0.29) is 5.56 Å². The van der Waals surface area contributed by atoms with Crippen molar-refractivity contribution in [2.45, 2.75) is 33.1 Å². The van der Waals surface area contributed by atoms with Crippen molar-refractivity contribution in [2.24, 2.45) is 0 Å². The fourth-order valence-corrected chi connectivity index (χ4v) is 2.17. The maximum absolute atomic E-state index is 11.6. The molecule has 0 atom stereocenters. The van der Waals surface area contributed by atoms with Crippen LogP contribution in [-0.4, -0.2) is 22.7 Å². The number of ether oxygens (including phenoxy) is 1. The van der Waals surface area contributed by atoms with E-state index in [2.05, 4.69) is 11.9 Å². The Bertz CT molecular complexity index is 622. The minimum atomic E-state index is -0.968. The molecular formula is C16H19NO3. The maximum Gasteiger partial charge on any atom is 0.340 e. The van der Waals surface area contributed by atoms with Gasteiger partial charge in [-0.1, -0.05) is 38.5 Å². The Morgan fingerprint density at radius 1 is 1.30 bits per heavy atom. The average Bonchev–Trinajstić information content (AvgIpc) is 2.46. The molecule has 20 heavy (non-hydrogen) atoms. The summed E-state index contributed by atoms with van der Waals surface area (Å²) in [5.74, 6) is -0.544. The second kappa shape index (κ2) is 6.37. The van der Waals surface area contributed by atoms with Crippen LogP contribution in [0.25, 0.3) is 10.9 Å². The molecule has 1 heterocycles. The van der Waals surface area contributed by atoms with Crippen molar-refractivity contribution < 1.29 is 14.6 Å². The number of aromatic nitrogens is 1. The van der Waals surface area contributed by atoms with Gasteiger partial charge in [0.25, 0.3) is 0 Å². The fraction of sp³-hybridized carbons (Fsp3) is 0.375. The van der Waals surface area contributed by atoms with Crippen molar-refractivity contribution in [3.8, 4) is 5.75 Å². The summed E-state index contributed by atoms with van der Waals surface area (Å²) in [6.07, 6.45) is 2.55. The first-order valence-corrected chi connectivity index (χ1v) is 6.96. The lowest BCUT2D eigenvalue weighted by molar-refractivity contribution is 0.0694. The Kier molecular flexibility index (Phi) is 4.56. The Hall–Kier alpha value is -2.10. The molecular weight excluding hydrogens is 254 g/mol. The number of fused-ring (bicyclic) bond motifs is 1. The topological polar surface area (TPSA) is 59.4 Å². The molecule has 4 nitrogen and oxygen atoms in total. The third-order valence-corrected chi connectivity index (χ3v) is 3.21. The van der Waals surface area contributed by atoms with Crippen LogP contribution in [0.1, 0.15) is 42.7 Å². The number of hydrogen-bond donors (Lipinski definition) is 1. The SMILES string of the molecule is CCCCOc1c(CC)nc2ccccc2c1C(=O)O. The number of aromatic carboxylic acids is 1. The number of rotatable bonds is 6. The molecule has 1 N–H and O–H groups in total. The zero-order valence-corrected chi connectivity index (χ0v) is 11.8. The molecule has 2 rings (SSSR count). The van der Waals surface area contributed by atoms with Crippen molar-refractivity contribution in [3.05, 3.63) is 35.5 Å². The van der Waals surface area contributed by atoms with E-state index < -0.39 is 5.97 Å². The second-order valence-corrected chi connectivity index (χ2v) is 4.64. The zero-order valence-electron chi connectivity index (χ0n) is 11.8. The van der Waals surface area contributed by atoms with Gasteiger partial charge in [0, 0.05) is 5.39 Å². The highest BCUT2D eigenvalue weighted by Gasteiger charge is 2.20. The van der Waals surface area contributed by atoms with Gasteiger partial charge in [-0.3, -0.25) is 0 Å². The summed E-state index contributed by atoms with van der Waals surface area (Å²) < 4.78 is 5.73. The summed E-state index contributed by atoms with van der Waals surface area (Å²) in [5.41, 5.74) is 1.63. The summed E-state index contributed by atoms with van der Waals surface area (Å²) >= 11 is 0. The van der Waals surface area contributed by atoms with Gasteiger partial charge in [-0.25, -0.2) is 9.78 Å². The Balaban J connectivity index is 2.61. The molecule has 0 saturated heterocycles. The summed E-state index contributed by atoms with van der Waals surface area (Å²) in [6, 6.07) is 7.28. The van der Waals surface area contributed by atoms with Gasteiger partial charge in [0.1, 0.15) is 5.56 Å². The number of benzene rings is 1. The molecule has 0 saturated carbocycles. The predicted molar refractivity (Wildman–Crippen MR) is 78.5 cm³/mol. The van der Waals surface area contributed by atoms with E-state index in [0.29, 0.717) is 35.4 Å². The first-order valence-electron chi connectivity index (χ1n) is 6.96. The van der Waals surface area contributed by atoms with Crippen LogP contribution in [0.3, 0.4) is 0 Å². The van der Waals surface area contributed by atoms with Crippen LogP contribution >= 0.6 is 0 Å². The van der Waals surface area contributed by atoms with Gasteiger partial charge in [0.15, 0.2) is 5.75 Å². The number of para-hydroxylation sites is 1. The second-order valence-electron chi connectivity index (χ2n) is 4.64. The number of unbranched alkanes of at least 4 members (excludes halogenated alkanes) is 1. The summed E-state index contributed by atoms with van der Waals surface area (Å²) in [4.78, 5) is 16.2. The lowest BCUT2D eigenvalue weighted by Gasteiger charge is -2.14. The van der Waals surface area contributed by atoms with Crippen molar-refractivity contribution in [1.29, 1.82) is 0 Å². The molecule has 0 aliphatic rings. The molecule has 0 amide bonds. The van der Waals surface area contributed by atoms with Gasteiger partial charge in [-0.15, -0.1) is 0 Å². The van der Waals surface area contributed by atoms with Crippen molar-refractivity contribution in [3.63, 3.8) is 0 Å². The monoisotopic (exact) mass is 273 g/mol. The molecule has 0 spiro atoms. The molecule has 4 heteroatoms. The Labute approximate surface area is 118 Å². The Morgan fingerprint density at radius 3 is 2.70 bits per heavy atom. The minimum Gasteiger partial charge on any atom is -0.491 e. The maximum atomic E-state index is 11.6. The van der Waals surface area contributed by atoms with Crippen molar-refractivity contribution in [1.82, 2.24) is 4.98 Å². The number of nitrogens with zero attached hydrogens (tertiary/aromatic N) is 1. The van der Waals surface area contributed by atoms with E-state index in [1.54, 1.807) is 6.07 Å². The van der Waals surface area contributed by atoms with Crippen LogP contribution in [0.2, 0.25) is 0 Å². The number of hydrogen-bond acceptors (Lipinski definition) is 3. The lowest BCUT2D eigenvalue weighted by Crippen LogP contribution is -2.09. The largest absolute Gasteiger partial charge is 0.491 e. The van der Waals surface area contributed by atoms with E-state index >= 15 is 0 Å². The predicted octanol–water partition coefficient (Wildman–Crippen LogP) is 3.67. The molecule has 0 fully saturated rings. The van der Waals surface area contributed by atoms with Crippen LogP contribution in [0.4, 0.5) is 0 Å².